The van der Waals surface area contributed by atoms with Crippen LogP contribution < -0.4 is 0 Å². The van der Waals surface area contributed by atoms with Gasteiger partial charge in [0.15, 0.2) is 0 Å². The van der Waals surface area contributed by atoms with Crippen molar-refractivity contribution in [3.8, 4) is 0 Å². The number of hydrogen-bond acceptors (Lipinski definition) is 3. The average molecular weight is 228 g/mol. The van der Waals surface area contributed by atoms with E-state index in [1.54, 1.807) is 30.3 Å². The fraction of sp³-hybridized carbons (Fsp3) is 0.200. The largest absolute Gasteiger partial charge is 0.363 e. The number of amides is 1. The predicted molar refractivity (Wildman–Crippen MR) is 55.3 cm³/mol. The standard InChI is InChI=1S/C10H10ClNO3/c1-12(9(13)7-11)15-10(14)8-5-3-2-4-6-8/h2-6H,7H2,1H3. The predicted octanol–water partition coefficient (Wildman–Crippen LogP) is 1.46. The lowest BCUT2D eigenvalue weighted by molar-refractivity contribution is -0.158. The van der Waals surface area contributed by atoms with E-state index in [-0.39, 0.29) is 5.88 Å². The Morgan fingerprint density at radius 2 is 1.93 bits per heavy atom. The Bertz CT molecular complexity index is 353. The first-order valence-electron chi connectivity index (χ1n) is 4.25. The average Bonchev–Trinajstić information content (AvgIpc) is 2.29. The molecule has 0 N–H and O–H groups in total. The number of carbonyl (C=O) groups is 2. The molecule has 0 radical (unpaired) electrons. The van der Waals surface area contributed by atoms with Crippen molar-refractivity contribution in [2.45, 2.75) is 0 Å². The molecule has 0 unspecified atom stereocenters. The van der Waals surface area contributed by atoms with Gasteiger partial charge in [0.1, 0.15) is 5.88 Å². The minimum absolute atomic E-state index is 0.224. The second-order valence-corrected chi connectivity index (χ2v) is 3.04. The third-order valence-corrected chi connectivity index (χ3v) is 1.92. The lowest BCUT2D eigenvalue weighted by Crippen LogP contribution is -2.30. The van der Waals surface area contributed by atoms with Crippen molar-refractivity contribution in [3.05, 3.63) is 35.9 Å². The van der Waals surface area contributed by atoms with E-state index in [0.29, 0.717) is 5.56 Å². The van der Waals surface area contributed by atoms with E-state index < -0.39 is 11.9 Å². The van der Waals surface area contributed by atoms with Crippen molar-refractivity contribution in [1.29, 1.82) is 0 Å². The molecule has 0 spiro atoms. The zero-order valence-corrected chi connectivity index (χ0v) is 8.90. The van der Waals surface area contributed by atoms with Crippen LogP contribution in [0.4, 0.5) is 0 Å². The summed E-state index contributed by atoms with van der Waals surface area (Å²) in [6, 6.07) is 8.40. The number of rotatable bonds is 2. The Kier molecular flexibility index (Phi) is 4.12. The van der Waals surface area contributed by atoms with Gasteiger partial charge in [-0.1, -0.05) is 18.2 Å². The van der Waals surface area contributed by atoms with Crippen LogP contribution in [0, 0.1) is 0 Å². The Balaban J connectivity index is 2.61. The Hall–Kier alpha value is -1.55. The molecule has 0 saturated carbocycles. The maximum atomic E-state index is 11.4. The molecule has 1 aromatic rings. The lowest BCUT2D eigenvalue weighted by Gasteiger charge is -2.14. The summed E-state index contributed by atoms with van der Waals surface area (Å²) in [5.41, 5.74) is 0.381. The smallest absolute Gasteiger partial charge is 0.333 e. The normalized spacial score (nSPS) is 9.47. The van der Waals surface area contributed by atoms with E-state index in [1.807, 2.05) is 0 Å². The lowest BCUT2D eigenvalue weighted by atomic mass is 10.2. The van der Waals surface area contributed by atoms with Crippen molar-refractivity contribution in [2.75, 3.05) is 12.9 Å². The molecule has 0 fully saturated rings. The van der Waals surface area contributed by atoms with E-state index >= 15 is 0 Å². The van der Waals surface area contributed by atoms with Crippen LogP contribution in [0.3, 0.4) is 0 Å². The monoisotopic (exact) mass is 227 g/mol. The van der Waals surface area contributed by atoms with Gasteiger partial charge in [-0.15, -0.1) is 11.6 Å². The van der Waals surface area contributed by atoms with Crippen LogP contribution in [0.2, 0.25) is 0 Å². The highest BCUT2D eigenvalue weighted by Gasteiger charge is 2.14. The topological polar surface area (TPSA) is 46.6 Å². The van der Waals surface area contributed by atoms with Crippen molar-refractivity contribution in [1.82, 2.24) is 5.06 Å². The summed E-state index contributed by atoms with van der Waals surface area (Å²) in [5, 5.41) is 0.822. The van der Waals surface area contributed by atoms with E-state index in [9.17, 15) is 9.59 Å². The second kappa shape index (κ2) is 5.36. The van der Waals surface area contributed by atoms with E-state index in [4.69, 9.17) is 16.4 Å². The molecule has 80 valence electrons. The quantitative estimate of drug-likeness (QED) is 0.568. The number of carbonyl (C=O) groups excluding carboxylic acids is 2. The van der Waals surface area contributed by atoms with E-state index in [0.717, 1.165) is 5.06 Å². The van der Waals surface area contributed by atoms with Crippen LogP contribution in [0.1, 0.15) is 10.4 Å². The van der Waals surface area contributed by atoms with Crippen LogP contribution in [0.25, 0.3) is 0 Å². The van der Waals surface area contributed by atoms with Crippen LogP contribution in [-0.4, -0.2) is 29.9 Å². The molecular weight excluding hydrogens is 218 g/mol. The molecule has 0 atom stereocenters. The summed E-state index contributed by atoms with van der Waals surface area (Å²) in [5.74, 6) is -1.28. The number of alkyl halides is 1. The zero-order chi connectivity index (χ0) is 11.3. The summed E-state index contributed by atoms with van der Waals surface area (Å²) in [4.78, 5) is 27.2. The SMILES string of the molecule is CN(OC(=O)c1ccccc1)C(=O)CCl. The molecule has 1 rings (SSSR count). The van der Waals surface area contributed by atoms with Crippen molar-refractivity contribution in [3.63, 3.8) is 0 Å². The van der Waals surface area contributed by atoms with E-state index in [1.165, 1.54) is 7.05 Å². The fourth-order valence-electron chi connectivity index (χ4n) is 0.886. The molecule has 0 aliphatic carbocycles. The third kappa shape index (κ3) is 3.25. The van der Waals surface area contributed by atoms with Gasteiger partial charge in [-0.25, -0.2) is 4.79 Å². The van der Waals surface area contributed by atoms with Crippen LogP contribution in [0.15, 0.2) is 30.3 Å². The first-order valence-corrected chi connectivity index (χ1v) is 4.78. The summed E-state index contributed by atoms with van der Waals surface area (Å²) in [6.07, 6.45) is 0. The number of hydroxylamine groups is 2. The molecule has 5 heteroatoms. The van der Waals surface area contributed by atoms with Gasteiger partial charge in [-0.3, -0.25) is 4.79 Å². The molecule has 0 aromatic heterocycles. The Labute approximate surface area is 92.3 Å². The molecule has 0 aliphatic rings. The molecule has 0 saturated heterocycles. The van der Waals surface area contributed by atoms with Gasteiger partial charge in [-0.05, 0) is 12.1 Å². The van der Waals surface area contributed by atoms with Crippen molar-refractivity contribution in [2.24, 2.45) is 0 Å². The van der Waals surface area contributed by atoms with Gasteiger partial charge >= 0.3 is 5.97 Å². The molecule has 1 aromatic carbocycles. The molecule has 0 bridgehead atoms. The van der Waals surface area contributed by atoms with Crippen LogP contribution in [0.5, 0.6) is 0 Å². The number of nitrogens with zero attached hydrogens (tertiary/aromatic N) is 1. The summed E-state index contributed by atoms with van der Waals surface area (Å²) < 4.78 is 0. The maximum absolute atomic E-state index is 11.4. The molecule has 15 heavy (non-hydrogen) atoms. The Morgan fingerprint density at radius 3 is 2.47 bits per heavy atom. The molecule has 4 nitrogen and oxygen atoms in total. The van der Waals surface area contributed by atoms with E-state index in [2.05, 4.69) is 0 Å². The number of benzene rings is 1. The molecule has 0 heterocycles. The summed E-state index contributed by atoms with van der Waals surface area (Å²) >= 11 is 5.29. The molecule has 1 amide bonds. The van der Waals surface area contributed by atoms with Crippen molar-refractivity contribution < 1.29 is 14.4 Å². The molecular formula is C10H10ClNO3. The number of halogens is 1. The van der Waals surface area contributed by atoms with Crippen molar-refractivity contribution >= 4 is 23.5 Å². The Morgan fingerprint density at radius 1 is 1.33 bits per heavy atom. The van der Waals surface area contributed by atoms with Gasteiger partial charge in [0.25, 0.3) is 5.91 Å². The highest BCUT2D eigenvalue weighted by molar-refractivity contribution is 6.27. The van der Waals surface area contributed by atoms with Gasteiger partial charge in [0, 0.05) is 7.05 Å². The summed E-state index contributed by atoms with van der Waals surface area (Å²) in [7, 11) is 1.34. The maximum Gasteiger partial charge on any atom is 0.363 e. The van der Waals surface area contributed by atoms with Crippen LogP contribution in [-0.2, 0) is 9.63 Å². The molecule has 0 aliphatic heterocycles. The van der Waals surface area contributed by atoms with Gasteiger partial charge in [-0.2, -0.15) is 5.06 Å². The minimum atomic E-state index is -0.587. The number of hydrogen-bond donors (Lipinski definition) is 0. The van der Waals surface area contributed by atoms with Gasteiger partial charge in [0.2, 0.25) is 0 Å². The first kappa shape index (κ1) is 11.5. The van der Waals surface area contributed by atoms with Gasteiger partial charge < -0.3 is 4.84 Å². The first-order chi connectivity index (χ1) is 7.15. The van der Waals surface area contributed by atoms with Crippen LogP contribution >= 0.6 is 11.6 Å². The third-order valence-electron chi connectivity index (χ3n) is 1.69. The summed E-state index contributed by atoms with van der Waals surface area (Å²) in [6.45, 7) is 0. The highest BCUT2D eigenvalue weighted by atomic mass is 35.5. The fourth-order valence-corrected chi connectivity index (χ4v) is 1.05. The second-order valence-electron chi connectivity index (χ2n) is 2.77. The highest BCUT2D eigenvalue weighted by Crippen LogP contribution is 2.02. The van der Waals surface area contributed by atoms with Gasteiger partial charge in [0.05, 0.1) is 5.56 Å². The zero-order valence-electron chi connectivity index (χ0n) is 8.14. The minimum Gasteiger partial charge on any atom is -0.333 e.